The molecule has 3 rings (SSSR count). The van der Waals surface area contributed by atoms with Gasteiger partial charge in [0.1, 0.15) is 11.0 Å². The topological polar surface area (TPSA) is 27.6 Å². The van der Waals surface area contributed by atoms with Crippen LogP contribution < -0.4 is 5.43 Å². The third-order valence-corrected chi connectivity index (χ3v) is 3.27. The molecule has 1 N–H and O–H groups in total. The maximum Gasteiger partial charge on any atom is 0.165 e. The minimum Gasteiger partial charge on any atom is -0.247 e. The lowest BCUT2D eigenvalue weighted by atomic mass is 10.1. The van der Waals surface area contributed by atoms with Gasteiger partial charge in [0.25, 0.3) is 0 Å². The number of nitrogens with zero attached hydrogens (tertiary/aromatic N) is 2. The number of benzene rings is 1. The monoisotopic (exact) mass is 283 g/mol. The van der Waals surface area contributed by atoms with Gasteiger partial charge in [0.2, 0.25) is 0 Å². The molecule has 18 heavy (non-hydrogen) atoms. The fourth-order valence-corrected chi connectivity index (χ4v) is 2.27. The van der Waals surface area contributed by atoms with Crippen LogP contribution in [-0.4, -0.2) is 17.3 Å². The number of hydrazine groups is 1. The molecule has 3 nitrogen and oxygen atoms in total. The van der Waals surface area contributed by atoms with Crippen molar-refractivity contribution in [1.82, 2.24) is 10.4 Å². The summed E-state index contributed by atoms with van der Waals surface area (Å²) in [7, 11) is 0. The smallest absolute Gasteiger partial charge is 0.165 e. The van der Waals surface area contributed by atoms with Gasteiger partial charge in [0.05, 0.1) is 17.3 Å². The van der Waals surface area contributed by atoms with E-state index in [-0.39, 0.29) is 5.82 Å². The van der Waals surface area contributed by atoms with Crippen LogP contribution in [0.15, 0.2) is 51.3 Å². The lowest BCUT2D eigenvalue weighted by Crippen LogP contribution is -2.31. The molecular formula is C12H8Cl2FN3. The maximum atomic E-state index is 13.7. The zero-order valence-electron chi connectivity index (χ0n) is 9.12. The van der Waals surface area contributed by atoms with E-state index in [1.54, 1.807) is 29.3 Å². The zero-order chi connectivity index (χ0) is 12.7. The molecule has 0 atom stereocenters. The third-order valence-electron chi connectivity index (χ3n) is 2.69. The molecule has 0 radical (unpaired) electrons. The Morgan fingerprint density at radius 2 is 2.06 bits per heavy atom. The van der Waals surface area contributed by atoms with Gasteiger partial charge in [-0.25, -0.2) is 19.8 Å². The summed E-state index contributed by atoms with van der Waals surface area (Å²) in [4.78, 5) is 4.33. The second-order valence-electron chi connectivity index (χ2n) is 3.84. The molecule has 2 heterocycles. The predicted octanol–water partition coefficient (Wildman–Crippen LogP) is 2.94. The van der Waals surface area contributed by atoms with Gasteiger partial charge in [-0.3, -0.25) is 0 Å². The largest absolute Gasteiger partial charge is 0.247 e. The zero-order valence-corrected chi connectivity index (χ0v) is 10.6. The van der Waals surface area contributed by atoms with Gasteiger partial charge in [0.15, 0.2) is 5.82 Å². The fourth-order valence-electron chi connectivity index (χ4n) is 1.84. The standard InChI is InChI=1S/C12H8Cl2FN3/c13-8-6-16-18-11(14)5-10(17-12(8)18)7-3-1-2-4-9(7)15/h1-5,16H,6H2. The molecule has 0 saturated carbocycles. The maximum absolute atomic E-state index is 13.7. The minimum atomic E-state index is -0.340. The van der Waals surface area contributed by atoms with E-state index in [4.69, 9.17) is 23.2 Å². The van der Waals surface area contributed by atoms with Crippen molar-refractivity contribution < 1.29 is 4.39 Å². The number of fused-ring (bicyclic) bond motifs is 1. The molecule has 0 unspecified atom stereocenters. The number of nitrogens with one attached hydrogen (secondary N) is 1. The lowest BCUT2D eigenvalue weighted by Gasteiger charge is -2.22. The van der Waals surface area contributed by atoms with Crippen molar-refractivity contribution in [2.45, 2.75) is 0 Å². The Labute approximate surface area is 113 Å². The Kier molecular flexibility index (Phi) is 2.86. The molecule has 92 valence electrons. The van der Waals surface area contributed by atoms with Crippen LogP contribution in [-0.2, 0) is 0 Å². The number of hydrogen-bond acceptors (Lipinski definition) is 3. The van der Waals surface area contributed by atoms with Crippen LogP contribution in [0.5, 0.6) is 0 Å². The number of rotatable bonds is 1. The van der Waals surface area contributed by atoms with E-state index in [0.29, 0.717) is 33.8 Å². The van der Waals surface area contributed by atoms with Crippen molar-refractivity contribution in [3.05, 3.63) is 57.7 Å². The Hall–Kier alpha value is -1.36. The molecule has 0 amide bonds. The van der Waals surface area contributed by atoms with Crippen molar-refractivity contribution in [2.24, 2.45) is 4.99 Å². The van der Waals surface area contributed by atoms with Crippen LogP contribution >= 0.6 is 23.2 Å². The van der Waals surface area contributed by atoms with Crippen LogP contribution in [0.2, 0.25) is 0 Å². The SMILES string of the molecule is Fc1ccccc1C1=NC2=C(Cl)CNN2C(Cl)=C1. The highest BCUT2D eigenvalue weighted by Crippen LogP contribution is 2.30. The first-order chi connectivity index (χ1) is 8.66. The molecule has 0 aromatic heterocycles. The quantitative estimate of drug-likeness (QED) is 0.803. The first-order valence-electron chi connectivity index (χ1n) is 5.30. The average Bonchev–Trinajstić information content (AvgIpc) is 2.72. The Bertz CT molecular complexity index is 607. The van der Waals surface area contributed by atoms with E-state index in [9.17, 15) is 4.39 Å². The van der Waals surface area contributed by atoms with E-state index in [0.717, 1.165) is 0 Å². The summed E-state index contributed by atoms with van der Waals surface area (Å²) in [6.45, 7) is 0.467. The summed E-state index contributed by atoms with van der Waals surface area (Å²) in [6.07, 6.45) is 1.60. The highest BCUT2D eigenvalue weighted by Gasteiger charge is 2.27. The van der Waals surface area contributed by atoms with Gasteiger partial charge >= 0.3 is 0 Å². The molecule has 0 aliphatic carbocycles. The van der Waals surface area contributed by atoms with Crippen LogP contribution in [0.25, 0.3) is 0 Å². The average molecular weight is 284 g/mol. The lowest BCUT2D eigenvalue weighted by molar-refractivity contribution is 0.371. The molecule has 2 aliphatic heterocycles. The molecule has 1 aromatic carbocycles. The molecule has 0 bridgehead atoms. The van der Waals surface area contributed by atoms with Crippen molar-refractivity contribution in [3.63, 3.8) is 0 Å². The summed E-state index contributed by atoms with van der Waals surface area (Å²) in [5.74, 6) is 0.176. The first-order valence-corrected chi connectivity index (χ1v) is 6.05. The van der Waals surface area contributed by atoms with Gasteiger partial charge in [0, 0.05) is 11.6 Å². The number of allylic oxidation sites excluding steroid dienone is 1. The van der Waals surface area contributed by atoms with E-state index in [1.807, 2.05) is 0 Å². The first kappa shape index (κ1) is 11.7. The van der Waals surface area contributed by atoms with Gasteiger partial charge in [-0.05, 0) is 12.1 Å². The summed E-state index contributed by atoms with van der Waals surface area (Å²) in [6, 6.07) is 6.41. The van der Waals surface area contributed by atoms with E-state index in [1.165, 1.54) is 6.07 Å². The number of aliphatic imine (C=N–C) groups is 1. The third kappa shape index (κ3) is 1.82. The van der Waals surface area contributed by atoms with E-state index in [2.05, 4.69) is 10.4 Å². The van der Waals surface area contributed by atoms with Crippen LogP contribution in [0.4, 0.5) is 4.39 Å². The van der Waals surface area contributed by atoms with Crippen LogP contribution in [0.3, 0.4) is 0 Å². The van der Waals surface area contributed by atoms with Gasteiger partial charge in [-0.15, -0.1) is 0 Å². The molecule has 6 heteroatoms. The number of hydrogen-bond donors (Lipinski definition) is 1. The van der Waals surface area contributed by atoms with Crippen molar-refractivity contribution >= 4 is 28.9 Å². The Morgan fingerprint density at radius 1 is 1.28 bits per heavy atom. The fraction of sp³-hybridized carbons (Fsp3) is 0.0833. The van der Waals surface area contributed by atoms with Gasteiger partial charge in [-0.2, -0.15) is 0 Å². The van der Waals surface area contributed by atoms with Crippen LogP contribution in [0, 0.1) is 5.82 Å². The van der Waals surface area contributed by atoms with E-state index >= 15 is 0 Å². The highest BCUT2D eigenvalue weighted by molar-refractivity contribution is 6.33. The summed E-state index contributed by atoms with van der Waals surface area (Å²) in [5, 5.41) is 2.54. The van der Waals surface area contributed by atoms with Crippen molar-refractivity contribution in [1.29, 1.82) is 0 Å². The molecule has 2 aliphatic rings. The summed E-state index contributed by atoms with van der Waals surface area (Å²) < 4.78 is 13.7. The van der Waals surface area contributed by atoms with E-state index < -0.39 is 0 Å². The van der Waals surface area contributed by atoms with Crippen molar-refractivity contribution in [3.8, 4) is 0 Å². The Morgan fingerprint density at radius 3 is 2.83 bits per heavy atom. The van der Waals surface area contributed by atoms with Gasteiger partial charge in [-0.1, -0.05) is 35.3 Å². The van der Waals surface area contributed by atoms with Crippen molar-refractivity contribution in [2.75, 3.05) is 6.54 Å². The number of halogens is 3. The van der Waals surface area contributed by atoms with Crippen LogP contribution in [0.1, 0.15) is 5.56 Å². The molecule has 0 saturated heterocycles. The predicted molar refractivity (Wildman–Crippen MR) is 69.6 cm³/mol. The van der Waals surface area contributed by atoms with Gasteiger partial charge < -0.3 is 0 Å². The molecule has 0 spiro atoms. The Balaban J connectivity index is 2.12. The second-order valence-corrected chi connectivity index (χ2v) is 4.69. The molecule has 1 aromatic rings. The summed E-state index contributed by atoms with van der Waals surface area (Å²) >= 11 is 12.1. The highest BCUT2D eigenvalue weighted by atomic mass is 35.5. The second kappa shape index (κ2) is 4.39. The normalized spacial score (nSPS) is 18.7. The molecular weight excluding hydrogens is 276 g/mol. The minimum absolute atomic E-state index is 0.340. The summed E-state index contributed by atoms with van der Waals surface area (Å²) in [5.41, 5.74) is 3.84. The molecule has 0 fully saturated rings.